The summed E-state index contributed by atoms with van der Waals surface area (Å²) in [6.07, 6.45) is 15.5. The molecule has 0 saturated heterocycles. The first-order chi connectivity index (χ1) is 10.7. The van der Waals surface area contributed by atoms with Crippen LogP contribution in [0.1, 0.15) is 97.8 Å². The summed E-state index contributed by atoms with van der Waals surface area (Å²) in [5.74, 6) is 4.77. The van der Waals surface area contributed by atoms with Gasteiger partial charge in [0, 0.05) is 12.3 Å². The van der Waals surface area contributed by atoms with Crippen molar-refractivity contribution < 1.29 is 4.79 Å². The summed E-state index contributed by atoms with van der Waals surface area (Å²) in [5.41, 5.74) is 0. The molecule has 0 radical (unpaired) electrons. The number of carbonyl (C=O) groups excluding carboxylic acids is 1. The second-order valence-corrected chi connectivity index (χ2v) is 8.29. The van der Waals surface area contributed by atoms with E-state index in [9.17, 15) is 4.79 Å². The lowest BCUT2D eigenvalue weighted by atomic mass is 9.64. The largest absolute Gasteiger partial charge is 0.299 e. The fourth-order valence-corrected chi connectivity index (χ4v) is 5.31. The summed E-state index contributed by atoms with van der Waals surface area (Å²) in [5, 5.41) is 0. The van der Waals surface area contributed by atoms with Gasteiger partial charge in [-0.2, -0.15) is 0 Å². The minimum atomic E-state index is 0.410. The maximum atomic E-state index is 12.1. The van der Waals surface area contributed by atoms with E-state index in [4.69, 9.17) is 0 Å². The molecule has 1 heteroatoms. The van der Waals surface area contributed by atoms with Gasteiger partial charge in [-0.05, 0) is 68.6 Å². The minimum Gasteiger partial charge on any atom is -0.299 e. The first kappa shape index (κ1) is 18.0. The summed E-state index contributed by atoms with van der Waals surface area (Å²) in [6.45, 7) is 6.95. The molecule has 0 aromatic heterocycles. The van der Waals surface area contributed by atoms with Crippen LogP contribution in [0.5, 0.6) is 0 Å². The van der Waals surface area contributed by atoms with Gasteiger partial charge in [-0.15, -0.1) is 0 Å². The van der Waals surface area contributed by atoms with E-state index in [1.807, 2.05) is 0 Å². The molecule has 0 heterocycles. The molecule has 0 aliphatic heterocycles. The summed E-state index contributed by atoms with van der Waals surface area (Å²) in [4.78, 5) is 12.1. The molecular weight excluding hydrogens is 268 g/mol. The van der Waals surface area contributed by atoms with Crippen LogP contribution in [0.4, 0.5) is 0 Å². The average Bonchev–Trinajstić information content (AvgIpc) is 2.53. The second-order valence-electron chi connectivity index (χ2n) is 8.29. The van der Waals surface area contributed by atoms with E-state index < -0.39 is 0 Å². The third kappa shape index (κ3) is 4.83. The van der Waals surface area contributed by atoms with Crippen LogP contribution >= 0.6 is 0 Å². The molecule has 0 amide bonds. The van der Waals surface area contributed by atoms with Crippen LogP contribution in [0, 0.1) is 29.6 Å². The molecule has 3 atom stereocenters. The van der Waals surface area contributed by atoms with Crippen LogP contribution in [0.2, 0.25) is 0 Å². The van der Waals surface area contributed by atoms with Gasteiger partial charge in [-0.25, -0.2) is 0 Å². The summed E-state index contributed by atoms with van der Waals surface area (Å²) in [6, 6.07) is 0. The van der Waals surface area contributed by atoms with Gasteiger partial charge < -0.3 is 0 Å². The Kier molecular flexibility index (Phi) is 7.44. The van der Waals surface area contributed by atoms with Crippen molar-refractivity contribution >= 4 is 5.78 Å². The van der Waals surface area contributed by atoms with Crippen molar-refractivity contribution in [2.45, 2.75) is 97.8 Å². The molecule has 3 unspecified atom stereocenters. The quantitative estimate of drug-likeness (QED) is 0.531. The second kappa shape index (κ2) is 9.08. The topological polar surface area (TPSA) is 17.1 Å². The van der Waals surface area contributed by atoms with E-state index in [-0.39, 0.29) is 0 Å². The zero-order valence-corrected chi connectivity index (χ0v) is 15.3. The van der Waals surface area contributed by atoms with Crippen molar-refractivity contribution in [2.75, 3.05) is 0 Å². The van der Waals surface area contributed by atoms with Crippen LogP contribution in [0.25, 0.3) is 0 Å². The predicted octanol–water partition coefficient (Wildman–Crippen LogP) is 6.40. The molecule has 2 aliphatic carbocycles. The summed E-state index contributed by atoms with van der Waals surface area (Å²) < 4.78 is 0. The molecule has 2 fully saturated rings. The highest BCUT2D eigenvalue weighted by Gasteiger charge is 2.35. The highest BCUT2D eigenvalue weighted by Crippen LogP contribution is 2.45. The Bertz CT molecular complexity index is 327. The fourth-order valence-electron chi connectivity index (χ4n) is 5.31. The Balaban J connectivity index is 1.76. The van der Waals surface area contributed by atoms with Crippen LogP contribution in [-0.2, 0) is 4.79 Å². The van der Waals surface area contributed by atoms with Crippen molar-refractivity contribution in [3.8, 4) is 0 Å². The lowest BCUT2D eigenvalue weighted by Crippen LogP contribution is -2.32. The Morgan fingerprint density at radius 1 is 0.955 bits per heavy atom. The molecule has 2 aliphatic rings. The molecule has 22 heavy (non-hydrogen) atoms. The Hall–Kier alpha value is -0.330. The third-order valence-electron chi connectivity index (χ3n) is 6.64. The van der Waals surface area contributed by atoms with Crippen molar-refractivity contribution in [3.63, 3.8) is 0 Å². The minimum absolute atomic E-state index is 0.410. The Morgan fingerprint density at radius 2 is 1.68 bits per heavy atom. The number of ketones is 1. The lowest BCUT2D eigenvalue weighted by molar-refractivity contribution is -0.124. The van der Waals surface area contributed by atoms with Crippen molar-refractivity contribution in [3.05, 3.63) is 0 Å². The highest BCUT2D eigenvalue weighted by molar-refractivity contribution is 5.80. The van der Waals surface area contributed by atoms with Crippen LogP contribution < -0.4 is 0 Å². The van der Waals surface area contributed by atoms with Gasteiger partial charge in [-0.3, -0.25) is 4.79 Å². The number of Topliss-reactive ketones (excluding diaryl/α,β-unsaturated/α-hetero) is 1. The van der Waals surface area contributed by atoms with E-state index >= 15 is 0 Å². The molecular formula is C21H38O. The molecule has 1 nitrogen and oxygen atoms in total. The SMILES string of the molecule is CCCCC1CCC(C2CCC(C(=O)CCC)CC2)C(C)C1. The number of unbranched alkanes of at least 4 members (excludes halogenated alkanes) is 1. The fraction of sp³-hybridized carbons (Fsp3) is 0.952. The van der Waals surface area contributed by atoms with E-state index in [1.54, 1.807) is 0 Å². The van der Waals surface area contributed by atoms with Crippen LogP contribution in [0.3, 0.4) is 0 Å². The number of hydrogen-bond donors (Lipinski definition) is 0. The third-order valence-corrected chi connectivity index (χ3v) is 6.64. The van der Waals surface area contributed by atoms with Gasteiger partial charge >= 0.3 is 0 Å². The van der Waals surface area contributed by atoms with Crippen molar-refractivity contribution in [2.24, 2.45) is 29.6 Å². The van der Waals surface area contributed by atoms with Crippen LogP contribution in [0.15, 0.2) is 0 Å². The molecule has 0 aromatic carbocycles. The molecule has 0 N–H and O–H groups in total. The molecule has 2 rings (SSSR count). The monoisotopic (exact) mass is 306 g/mol. The van der Waals surface area contributed by atoms with Gasteiger partial charge in [0.1, 0.15) is 5.78 Å². The molecule has 0 aromatic rings. The van der Waals surface area contributed by atoms with E-state index in [0.717, 1.165) is 36.5 Å². The first-order valence-electron chi connectivity index (χ1n) is 10.2. The van der Waals surface area contributed by atoms with Gasteiger partial charge in [0.05, 0.1) is 0 Å². The Morgan fingerprint density at radius 3 is 2.27 bits per heavy atom. The average molecular weight is 307 g/mol. The van der Waals surface area contributed by atoms with Crippen molar-refractivity contribution in [1.29, 1.82) is 0 Å². The molecule has 0 spiro atoms. The lowest BCUT2D eigenvalue weighted by Gasteiger charge is -2.41. The number of rotatable bonds is 7. The highest BCUT2D eigenvalue weighted by atomic mass is 16.1. The van der Waals surface area contributed by atoms with Gasteiger partial charge in [0.15, 0.2) is 0 Å². The van der Waals surface area contributed by atoms with Gasteiger partial charge in [0.2, 0.25) is 0 Å². The smallest absolute Gasteiger partial charge is 0.135 e. The first-order valence-corrected chi connectivity index (χ1v) is 10.2. The van der Waals surface area contributed by atoms with E-state index in [2.05, 4.69) is 20.8 Å². The van der Waals surface area contributed by atoms with Gasteiger partial charge in [0.25, 0.3) is 0 Å². The van der Waals surface area contributed by atoms with E-state index in [0.29, 0.717) is 11.7 Å². The van der Waals surface area contributed by atoms with Gasteiger partial charge in [-0.1, -0.05) is 46.5 Å². The Labute approximate surface area is 138 Å². The van der Waals surface area contributed by atoms with Crippen molar-refractivity contribution in [1.82, 2.24) is 0 Å². The molecule has 0 bridgehead atoms. The molecule has 128 valence electrons. The number of hydrogen-bond acceptors (Lipinski definition) is 1. The maximum absolute atomic E-state index is 12.1. The summed E-state index contributed by atoms with van der Waals surface area (Å²) >= 11 is 0. The van der Waals surface area contributed by atoms with Crippen LogP contribution in [-0.4, -0.2) is 5.78 Å². The molecule has 2 saturated carbocycles. The normalized spacial score (nSPS) is 36.2. The maximum Gasteiger partial charge on any atom is 0.135 e. The predicted molar refractivity (Wildman–Crippen MR) is 94.9 cm³/mol. The van der Waals surface area contributed by atoms with E-state index in [1.165, 1.54) is 64.2 Å². The zero-order chi connectivity index (χ0) is 15.9. The standard InChI is InChI=1S/C21H38O/c1-4-6-8-17-9-14-20(16(3)15-17)18-10-12-19(13-11-18)21(22)7-5-2/h16-20H,4-15H2,1-3H3. The summed E-state index contributed by atoms with van der Waals surface area (Å²) in [7, 11) is 0. The zero-order valence-electron chi connectivity index (χ0n) is 15.3. The number of carbonyl (C=O) groups is 1.